The molecule has 7 heteroatoms. The van der Waals surface area contributed by atoms with Gasteiger partial charge in [-0.2, -0.15) is 0 Å². The predicted octanol–water partition coefficient (Wildman–Crippen LogP) is 3.08. The molecule has 0 bridgehead atoms. The van der Waals surface area contributed by atoms with Crippen LogP contribution in [0.25, 0.3) is 0 Å². The maximum Gasteiger partial charge on any atom is 0.222 e. The van der Waals surface area contributed by atoms with Crippen LogP contribution in [0.5, 0.6) is 11.5 Å². The largest absolute Gasteiger partial charge is 0.493 e. The van der Waals surface area contributed by atoms with E-state index in [0.717, 1.165) is 36.6 Å². The van der Waals surface area contributed by atoms with Crippen LogP contribution >= 0.6 is 0 Å². The van der Waals surface area contributed by atoms with E-state index < -0.39 is 0 Å². The highest BCUT2D eigenvalue weighted by Crippen LogP contribution is 2.41. The summed E-state index contributed by atoms with van der Waals surface area (Å²) in [6.45, 7) is 1.67. The molecule has 0 saturated heterocycles. The molecule has 0 radical (unpaired) electrons. The second-order valence-electron chi connectivity index (χ2n) is 6.97. The van der Waals surface area contributed by atoms with Crippen molar-refractivity contribution in [2.45, 2.75) is 19.0 Å². The van der Waals surface area contributed by atoms with E-state index in [2.05, 4.69) is 49.4 Å². The lowest BCUT2D eigenvalue weighted by Gasteiger charge is -2.38. The first-order valence-electron chi connectivity index (χ1n) is 9.61. The molecule has 0 spiro atoms. The smallest absolute Gasteiger partial charge is 0.222 e. The average Bonchev–Trinajstić information content (AvgIpc) is 2.79. The van der Waals surface area contributed by atoms with E-state index in [1.165, 1.54) is 16.7 Å². The fourth-order valence-electron chi connectivity index (χ4n) is 3.90. The third kappa shape index (κ3) is 3.86. The summed E-state index contributed by atoms with van der Waals surface area (Å²) in [6.07, 6.45) is 8.38. The van der Waals surface area contributed by atoms with E-state index in [1.54, 1.807) is 14.2 Å². The fourth-order valence-corrected chi connectivity index (χ4v) is 3.90. The van der Waals surface area contributed by atoms with Crippen molar-refractivity contribution in [3.8, 4) is 11.5 Å². The zero-order valence-electron chi connectivity index (χ0n) is 16.9. The number of rotatable bonds is 6. The van der Waals surface area contributed by atoms with Crippen LogP contribution in [-0.2, 0) is 13.0 Å². The summed E-state index contributed by atoms with van der Waals surface area (Å²) in [7, 11) is 5.17. The molecular weight excluding hydrogens is 366 g/mol. The number of fused-ring (bicyclic) bond motifs is 1. The van der Waals surface area contributed by atoms with Gasteiger partial charge in [-0.05, 0) is 47.4 Å². The van der Waals surface area contributed by atoms with Gasteiger partial charge in [0.15, 0.2) is 11.5 Å². The lowest BCUT2D eigenvalue weighted by Crippen LogP contribution is -2.35. The molecule has 4 rings (SSSR count). The Morgan fingerprint density at radius 3 is 2.41 bits per heavy atom. The molecule has 7 nitrogen and oxygen atoms in total. The summed E-state index contributed by atoms with van der Waals surface area (Å²) < 4.78 is 11.1. The number of hydrogen-bond donors (Lipinski definition) is 1. The number of anilines is 1. The highest BCUT2D eigenvalue weighted by Gasteiger charge is 2.30. The zero-order chi connectivity index (χ0) is 20.2. The van der Waals surface area contributed by atoms with Gasteiger partial charge < -0.3 is 14.8 Å². The van der Waals surface area contributed by atoms with Crippen molar-refractivity contribution < 1.29 is 9.47 Å². The first-order chi connectivity index (χ1) is 14.2. The Morgan fingerprint density at radius 1 is 1.07 bits per heavy atom. The summed E-state index contributed by atoms with van der Waals surface area (Å²) in [6, 6.07) is 8.44. The summed E-state index contributed by atoms with van der Waals surface area (Å²) in [5, 5.41) is 2.96. The quantitative estimate of drug-likeness (QED) is 0.692. The molecule has 2 aromatic heterocycles. The number of nitrogens with one attached hydrogen (secondary N) is 1. The number of ether oxygens (including phenoxy) is 2. The van der Waals surface area contributed by atoms with Crippen LogP contribution in [0.1, 0.15) is 28.3 Å². The third-order valence-corrected chi connectivity index (χ3v) is 5.31. The highest BCUT2D eigenvalue weighted by molar-refractivity contribution is 5.51. The maximum absolute atomic E-state index is 5.58. The van der Waals surface area contributed by atoms with E-state index in [4.69, 9.17) is 9.47 Å². The Morgan fingerprint density at radius 2 is 1.76 bits per heavy atom. The van der Waals surface area contributed by atoms with Crippen LogP contribution in [0.3, 0.4) is 0 Å². The number of pyridine rings is 1. The van der Waals surface area contributed by atoms with Crippen molar-refractivity contribution in [2.24, 2.45) is 0 Å². The number of methoxy groups -OCH3 is 2. The minimum atomic E-state index is 0.0885. The Balaban J connectivity index is 1.74. The third-order valence-electron chi connectivity index (χ3n) is 5.31. The molecule has 3 aromatic rings. The summed E-state index contributed by atoms with van der Waals surface area (Å²) in [4.78, 5) is 15.4. The predicted molar refractivity (Wildman–Crippen MR) is 111 cm³/mol. The molecule has 0 saturated carbocycles. The minimum Gasteiger partial charge on any atom is -0.493 e. The van der Waals surface area contributed by atoms with E-state index >= 15 is 0 Å². The summed E-state index contributed by atoms with van der Waals surface area (Å²) >= 11 is 0. The molecule has 1 aliphatic heterocycles. The number of hydrogen-bond acceptors (Lipinski definition) is 7. The van der Waals surface area contributed by atoms with Gasteiger partial charge in [0.25, 0.3) is 0 Å². The molecular formula is C22H25N5O2. The lowest BCUT2D eigenvalue weighted by molar-refractivity contribution is 0.203. The van der Waals surface area contributed by atoms with Crippen molar-refractivity contribution in [1.82, 2.24) is 19.9 Å². The number of benzene rings is 1. The van der Waals surface area contributed by atoms with E-state index in [-0.39, 0.29) is 6.04 Å². The maximum atomic E-state index is 5.58. The number of nitrogens with zero attached hydrogens (tertiary/aromatic N) is 4. The van der Waals surface area contributed by atoms with Gasteiger partial charge in [-0.15, -0.1) is 0 Å². The van der Waals surface area contributed by atoms with Crippen LogP contribution in [-0.4, -0.2) is 47.7 Å². The first kappa shape index (κ1) is 19.1. The van der Waals surface area contributed by atoms with Gasteiger partial charge in [0.2, 0.25) is 5.95 Å². The average molecular weight is 391 g/mol. The van der Waals surface area contributed by atoms with E-state index in [1.807, 2.05) is 31.8 Å². The van der Waals surface area contributed by atoms with E-state index in [9.17, 15) is 0 Å². The van der Waals surface area contributed by atoms with Crippen molar-refractivity contribution >= 4 is 5.95 Å². The molecule has 0 aliphatic carbocycles. The van der Waals surface area contributed by atoms with Crippen LogP contribution in [0, 0.1) is 0 Å². The molecule has 1 aliphatic rings. The van der Waals surface area contributed by atoms with Crippen LogP contribution in [0.2, 0.25) is 0 Å². The van der Waals surface area contributed by atoms with E-state index in [0.29, 0.717) is 5.95 Å². The standard InChI is InChI=1S/C22H25N5O2/c1-23-22-25-12-15(13-26-22)14-27-9-6-17-10-19(28-2)20(29-3)11-18(17)21(27)16-4-7-24-8-5-16/h4-5,7-8,10-13,21H,6,9,14H2,1-3H3,(H,23,25,26). The molecule has 0 fully saturated rings. The second-order valence-corrected chi connectivity index (χ2v) is 6.97. The lowest BCUT2D eigenvalue weighted by atomic mass is 9.87. The molecule has 1 aromatic carbocycles. The van der Waals surface area contributed by atoms with Crippen LogP contribution in [0.4, 0.5) is 5.95 Å². The molecule has 1 atom stereocenters. The minimum absolute atomic E-state index is 0.0885. The molecule has 1 unspecified atom stereocenters. The second kappa shape index (κ2) is 8.45. The first-order valence-corrected chi connectivity index (χ1v) is 9.61. The summed E-state index contributed by atoms with van der Waals surface area (Å²) in [5.41, 5.74) is 4.78. The van der Waals surface area contributed by atoms with Gasteiger partial charge in [-0.3, -0.25) is 9.88 Å². The number of aromatic nitrogens is 3. The van der Waals surface area contributed by atoms with Gasteiger partial charge in [0.05, 0.1) is 20.3 Å². The van der Waals surface area contributed by atoms with Gasteiger partial charge >= 0.3 is 0 Å². The molecule has 3 heterocycles. The fraction of sp³-hybridized carbons (Fsp3) is 0.318. The van der Waals surface area contributed by atoms with Gasteiger partial charge in [-0.1, -0.05) is 0 Å². The van der Waals surface area contributed by atoms with Crippen molar-refractivity contribution in [2.75, 3.05) is 33.1 Å². The Hall–Kier alpha value is -3.19. The monoisotopic (exact) mass is 391 g/mol. The molecule has 150 valence electrons. The van der Waals surface area contributed by atoms with Gasteiger partial charge in [-0.25, -0.2) is 9.97 Å². The Labute approximate surface area is 170 Å². The van der Waals surface area contributed by atoms with Gasteiger partial charge in [0, 0.05) is 50.5 Å². The highest BCUT2D eigenvalue weighted by atomic mass is 16.5. The van der Waals surface area contributed by atoms with Crippen molar-refractivity contribution in [3.05, 3.63) is 71.3 Å². The van der Waals surface area contributed by atoms with Crippen molar-refractivity contribution in [3.63, 3.8) is 0 Å². The summed E-state index contributed by atoms with van der Waals surface area (Å²) in [5.74, 6) is 2.14. The van der Waals surface area contributed by atoms with Crippen molar-refractivity contribution in [1.29, 1.82) is 0 Å². The topological polar surface area (TPSA) is 72.4 Å². The Kier molecular flexibility index (Phi) is 5.57. The van der Waals surface area contributed by atoms with Crippen LogP contribution in [0.15, 0.2) is 49.1 Å². The molecule has 1 N–H and O–H groups in total. The Bertz CT molecular complexity index is 963. The van der Waals surface area contributed by atoms with Gasteiger partial charge in [0.1, 0.15) is 0 Å². The normalized spacial score (nSPS) is 16.2. The molecule has 29 heavy (non-hydrogen) atoms. The SMILES string of the molecule is CNc1ncc(CN2CCc3cc(OC)c(OC)cc3C2c2ccncc2)cn1. The zero-order valence-corrected chi connectivity index (χ0v) is 16.9. The van der Waals surface area contributed by atoms with Crippen LogP contribution < -0.4 is 14.8 Å². The molecule has 0 amide bonds.